The van der Waals surface area contributed by atoms with Crippen molar-refractivity contribution in [3.63, 3.8) is 0 Å². The smallest absolute Gasteiger partial charge is 0.252 e. The maximum atomic E-state index is 13.2. The number of para-hydroxylation sites is 8. The fraction of sp³-hybridized carbons (Fsp3) is 0.276. The lowest BCUT2D eigenvalue weighted by Crippen LogP contribution is -2.53. The van der Waals surface area contributed by atoms with Gasteiger partial charge in [-0.2, -0.15) is 0 Å². The maximum absolute atomic E-state index is 13.2. The van der Waals surface area contributed by atoms with Gasteiger partial charge in [0.25, 0.3) is 23.6 Å². The molecule has 644 valence electrons. The van der Waals surface area contributed by atoms with Crippen LogP contribution >= 0.6 is 0 Å². The van der Waals surface area contributed by atoms with Crippen LogP contribution in [-0.2, 0) is 68.0 Å². The molecule has 12 aromatic carbocycles. The molecule has 4 amide bonds. The Morgan fingerprint density at radius 1 is 0.323 bits per heavy atom. The number of nitrogens with one attached hydrogen (secondary N) is 4. The fourth-order valence-corrected chi connectivity index (χ4v) is 27.1. The molecule has 4 fully saturated rings. The van der Waals surface area contributed by atoms with Crippen LogP contribution in [-0.4, -0.2) is 116 Å². The average molecular weight is 1720 g/mol. The van der Waals surface area contributed by atoms with Crippen LogP contribution in [0.25, 0.3) is 174 Å². The normalized spacial score (nSPS) is 27.5. The third-order valence-corrected chi connectivity index (χ3v) is 33.0. The van der Waals surface area contributed by atoms with E-state index < -0.39 is 52.5 Å². The highest BCUT2D eigenvalue weighted by atomic mass is 16.6. The van der Waals surface area contributed by atoms with Gasteiger partial charge in [0.05, 0.1) is 124 Å². The summed E-state index contributed by atoms with van der Waals surface area (Å²) in [7, 11) is 0. The summed E-state index contributed by atoms with van der Waals surface area (Å²) in [6.07, 6.45) is 1.15. The lowest BCUT2D eigenvalue weighted by atomic mass is 9.86. The second-order valence-corrected chi connectivity index (χ2v) is 38.8. The molecule has 8 bridgehead atoms. The number of fused-ring (bicyclic) bond motifs is 52. The predicted molar refractivity (Wildman–Crippen MR) is 496 cm³/mol. The van der Waals surface area contributed by atoms with Gasteiger partial charge < -0.3 is 102 Å². The van der Waals surface area contributed by atoms with Crippen molar-refractivity contribution in [2.24, 2.45) is 5.92 Å². The third kappa shape index (κ3) is 8.27. The molecule has 8 aromatic heterocycles. The number of carbonyl (C=O) groups is 4. The minimum absolute atomic E-state index is 0.00333. The maximum Gasteiger partial charge on any atom is 0.252 e. The van der Waals surface area contributed by atoms with Gasteiger partial charge in [0, 0.05) is 144 Å². The van der Waals surface area contributed by atoms with Gasteiger partial charge in [-0.05, 0) is 112 Å². The van der Waals surface area contributed by atoms with Gasteiger partial charge in [0.1, 0.15) is 47.4 Å². The molecule has 0 radical (unpaired) electrons. The first-order chi connectivity index (χ1) is 63.0. The van der Waals surface area contributed by atoms with Gasteiger partial charge >= 0.3 is 0 Å². The zero-order valence-electron chi connectivity index (χ0n) is 71.7. The zero-order chi connectivity index (χ0) is 87.5. The number of benzene rings is 12. The molecule has 0 saturated carbocycles. The Bertz CT molecular complexity index is 8620. The molecule has 130 heavy (non-hydrogen) atoms. The minimum atomic E-state index is -1.48. The Balaban J connectivity index is 0.0000000854. The molecular weight excluding hydrogens is 1640 g/mol. The largest absolute Gasteiger partial charge is 0.396 e. The summed E-state index contributed by atoms with van der Waals surface area (Å²) < 4.78 is 44.8. The number of carbonyl (C=O) groups excluding carboxylic acids is 4. The van der Waals surface area contributed by atoms with E-state index in [1.165, 1.54) is 0 Å². The molecule has 0 aliphatic carbocycles. The summed E-state index contributed by atoms with van der Waals surface area (Å²) in [5, 5.41) is 85.2. The minimum Gasteiger partial charge on any atom is -0.396 e. The summed E-state index contributed by atoms with van der Waals surface area (Å²) in [5.74, 6) is -0.131. The monoisotopic (exact) mass is 1720 g/mol. The van der Waals surface area contributed by atoms with Crippen LogP contribution in [0.1, 0.15) is 162 Å². The molecule has 20 heterocycles. The zero-order valence-corrected chi connectivity index (χ0v) is 71.7. The van der Waals surface area contributed by atoms with Crippen molar-refractivity contribution in [1.82, 2.24) is 57.8 Å². The molecule has 12 aliphatic rings. The summed E-state index contributed by atoms with van der Waals surface area (Å²) in [5.41, 5.74) is 16.2. The van der Waals surface area contributed by atoms with Gasteiger partial charge in [-0.15, -0.1) is 0 Å². The summed E-state index contributed by atoms with van der Waals surface area (Å²) in [6.45, 7) is 13.5. The molecule has 4 saturated heterocycles. The summed E-state index contributed by atoms with van der Waals surface area (Å²) in [4.78, 5) is 52.7. The first-order valence-corrected chi connectivity index (χ1v) is 45.3. The van der Waals surface area contributed by atoms with Crippen LogP contribution in [0, 0.1) is 5.92 Å². The first-order valence-electron chi connectivity index (χ1n) is 45.3. The molecule has 12 aliphatic heterocycles. The first kappa shape index (κ1) is 74.5. The van der Waals surface area contributed by atoms with E-state index >= 15 is 0 Å². The third-order valence-electron chi connectivity index (χ3n) is 33.0. The molecular formula is C105H86N12O13. The molecule has 9 N–H and O–H groups in total. The predicted octanol–water partition coefficient (Wildman–Crippen LogP) is 17.2. The number of hydrogen-bond donors (Lipinski definition) is 9. The lowest BCUT2D eigenvalue weighted by Gasteiger charge is -2.39. The molecule has 32 rings (SSSR count). The summed E-state index contributed by atoms with van der Waals surface area (Å²) in [6, 6.07) is 65.8. The van der Waals surface area contributed by atoms with E-state index in [9.17, 15) is 44.7 Å². The van der Waals surface area contributed by atoms with E-state index in [0.717, 1.165) is 225 Å². The van der Waals surface area contributed by atoms with Gasteiger partial charge in [-0.3, -0.25) is 19.2 Å². The van der Waals surface area contributed by atoms with Gasteiger partial charge in [-0.1, -0.05) is 153 Å². The second-order valence-electron chi connectivity index (χ2n) is 38.8. The van der Waals surface area contributed by atoms with E-state index in [4.69, 9.17) is 18.9 Å². The molecule has 0 spiro atoms. The SMILES string of the molecule is CC[C@]1(O)CC2O[C@]1(C)n1c3ccccc3c3c4c(c5c6ccccc6n2c5c31)C(=O)NC4.C[C@]1(O)CC2O[C@]1(C)n1c3ccccc3c3c4c(c5c6ccccc6n2c5c31)C(=O)NC4.C[C@]12OC(C[C@@]1(O)CO)n1c3ccccc3c3c4c(c5c6ccccc6n2c5c31)CNC4=O.C[C@]12OC(C[C@H]1CO)n1c3ccccc3c3c4c(c5c6ccccc6n2c5c31)CNC4=O. The highest BCUT2D eigenvalue weighted by molar-refractivity contribution is 6.36. The fourth-order valence-electron chi connectivity index (χ4n) is 27.1. The summed E-state index contributed by atoms with van der Waals surface area (Å²) >= 11 is 0. The number of ether oxygens (including phenoxy) is 4. The highest BCUT2D eigenvalue weighted by Gasteiger charge is 2.64. The van der Waals surface area contributed by atoms with Crippen molar-refractivity contribution in [2.75, 3.05) is 13.2 Å². The van der Waals surface area contributed by atoms with Crippen LogP contribution < -0.4 is 21.3 Å². The van der Waals surface area contributed by atoms with Crippen LogP contribution in [0.2, 0.25) is 0 Å². The van der Waals surface area contributed by atoms with Crippen molar-refractivity contribution < 1.29 is 63.7 Å². The number of rotatable bonds is 3. The van der Waals surface area contributed by atoms with E-state index in [0.29, 0.717) is 45.4 Å². The van der Waals surface area contributed by atoms with E-state index in [1.54, 1.807) is 0 Å². The Morgan fingerprint density at radius 3 is 0.923 bits per heavy atom. The van der Waals surface area contributed by atoms with Crippen molar-refractivity contribution >= 4 is 198 Å². The number of hydrogen-bond acceptors (Lipinski definition) is 13. The molecule has 4 unspecified atom stereocenters. The number of aliphatic hydroxyl groups excluding tert-OH is 2. The van der Waals surface area contributed by atoms with Crippen LogP contribution in [0.5, 0.6) is 0 Å². The van der Waals surface area contributed by atoms with Gasteiger partial charge in [0.15, 0.2) is 17.2 Å². The topological polar surface area (TPSA) is 294 Å². The van der Waals surface area contributed by atoms with E-state index in [1.807, 2.05) is 138 Å². The Kier molecular flexibility index (Phi) is 13.8. The molecule has 20 aromatic rings. The van der Waals surface area contributed by atoms with Gasteiger partial charge in [0.2, 0.25) is 0 Å². The Hall–Kier alpha value is -13.4. The quantitative estimate of drug-likeness (QED) is 0.0796. The van der Waals surface area contributed by atoms with E-state index in [-0.39, 0.29) is 61.3 Å². The number of aromatic nitrogens is 8. The Labute approximate surface area is 737 Å². The Morgan fingerprint density at radius 2 is 0.592 bits per heavy atom. The van der Waals surface area contributed by atoms with Crippen molar-refractivity contribution in [3.8, 4) is 0 Å². The second kappa shape index (κ2) is 24.2. The molecule has 25 heteroatoms. The van der Waals surface area contributed by atoms with Crippen LogP contribution in [0.15, 0.2) is 194 Å². The van der Waals surface area contributed by atoms with Crippen LogP contribution in [0.3, 0.4) is 0 Å². The van der Waals surface area contributed by atoms with Crippen molar-refractivity contribution in [2.45, 2.75) is 164 Å². The van der Waals surface area contributed by atoms with Crippen LogP contribution in [0.4, 0.5) is 0 Å². The van der Waals surface area contributed by atoms with Crippen molar-refractivity contribution in [1.29, 1.82) is 0 Å². The van der Waals surface area contributed by atoms with Crippen molar-refractivity contribution in [3.05, 3.63) is 239 Å². The highest BCUT2D eigenvalue weighted by Crippen LogP contribution is 2.64. The number of nitrogens with zero attached hydrogens (tertiary/aromatic N) is 8. The number of amides is 4. The molecule has 25 nitrogen and oxygen atoms in total. The number of aliphatic hydroxyl groups is 5. The molecule has 12 atom stereocenters. The lowest BCUT2D eigenvalue weighted by molar-refractivity contribution is -0.189. The van der Waals surface area contributed by atoms with Gasteiger partial charge in [-0.25, -0.2) is 0 Å². The standard InChI is InChI=1S/C27H23N3O3.C26H21N3O4.2C26H21N3O3/c1-3-27(32)12-19-29-17-10-6-4-8-14(17)21-22-16(13-28-25(22)31)20-15-9-5-7-11-18(15)30(24(20)23(21)29)26(27,2)33-19;1-25-26(32,12-30)10-18(33-25)28-16-8-4-2-6-13(16)20-21-15(11-27-24(21)31)19-14-7-3-5-9-17(14)29(25)23(19)22(20)28;1-25(31)11-18-28-16-9-5-3-7-13(16)20-21-15(12-27-24(21)30)19-14-8-4-6-10-17(14)29(23(19)22(20)28)26(25,2)32-18;1-26-13(12-30)10-19(32-26)28-17-8-4-2-6-14(17)21-22-16(11-27-25(22)31)20-15-7-3-5-9-18(15)29(26)24(20)23(21)28/h4-11,19,32H,3,12-13H2,1-2H3,(H,28,31);2-9,18,30,32H,10-12H2,1H3,(H,27,31);3-10,18,31H,11-12H2,1-2H3,(H,27,30);2-9,13,19,30H,10-12H2,1H3,(H,27,31)/t19?,26-,27-;18?,25-,26+;18?,25-,26-;13-,19?,26-/m0000/s1. The van der Waals surface area contributed by atoms with E-state index in [2.05, 4.69) is 156 Å². The average Bonchev–Trinajstić information content (AvgIpc) is 1.50.